The smallest absolute Gasteiger partial charge is 0.0718 e. The first-order valence-electron chi connectivity index (χ1n) is 5.32. The van der Waals surface area contributed by atoms with Crippen molar-refractivity contribution in [1.29, 1.82) is 0 Å². The molecule has 0 aromatic carbocycles. The first-order valence-corrected chi connectivity index (χ1v) is 5.32. The van der Waals surface area contributed by atoms with Gasteiger partial charge in [-0.05, 0) is 18.9 Å². The molecule has 0 rings (SSSR count). The minimum atomic E-state index is -0.788. The molecule has 0 spiro atoms. The van der Waals surface area contributed by atoms with E-state index in [1.54, 1.807) is 7.05 Å². The van der Waals surface area contributed by atoms with Gasteiger partial charge in [-0.1, -0.05) is 27.7 Å². The van der Waals surface area contributed by atoms with E-state index in [0.717, 1.165) is 0 Å². The van der Waals surface area contributed by atoms with Crippen molar-refractivity contribution in [2.24, 2.45) is 5.41 Å². The molecule has 0 aliphatic carbocycles. The van der Waals surface area contributed by atoms with Crippen molar-refractivity contribution in [1.82, 2.24) is 5.32 Å². The van der Waals surface area contributed by atoms with Crippen molar-refractivity contribution in [2.75, 3.05) is 13.6 Å². The molecule has 0 aromatic rings. The van der Waals surface area contributed by atoms with Crippen LogP contribution >= 0.6 is 0 Å². The second kappa shape index (κ2) is 5.10. The first kappa shape index (κ1) is 13.9. The van der Waals surface area contributed by atoms with E-state index in [-0.39, 0.29) is 5.41 Å². The van der Waals surface area contributed by atoms with Crippen LogP contribution in [0.2, 0.25) is 0 Å². The minimum absolute atomic E-state index is 0.198. The molecule has 3 heteroatoms. The van der Waals surface area contributed by atoms with Crippen LogP contribution in [-0.2, 0) is 0 Å². The number of hydrogen-bond acceptors (Lipinski definition) is 3. The molecule has 0 unspecified atom stereocenters. The maximum absolute atomic E-state index is 10.4. The second-order valence-electron chi connectivity index (χ2n) is 5.05. The zero-order chi connectivity index (χ0) is 11.4. The van der Waals surface area contributed by atoms with E-state index in [0.29, 0.717) is 19.4 Å². The summed E-state index contributed by atoms with van der Waals surface area (Å²) in [7, 11) is 1.80. The van der Waals surface area contributed by atoms with E-state index in [4.69, 9.17) is 0 Å². The third kappa shape index (κ3) is 3.56. The van der Waals surface area contributed by atoms with Crippen LogP contribution < -0.4 is 5.32 Å². The maximum Gasteiger partial charge on any atom is 0.0718 e. The van der Waals surface area contributed by atoms with Gasteiger partial charge in [-0.2, -0.15) is 0 Å². The van der Waals surface area contributed by atoms with Gasteiger partial charge < -0.3 is 15.5 Å². The third-order valence-electron chi connectivity index (χ3n) is 2.99. The normalized spacial score (nSPS) is 19.1. The van der Waals surface area contributed by atoms with E-state index in [1.807, 2.05) is 27.7 Å². The van der Waals surface area contributed by atoms with Gasteiger partial charge in [0.1, 0.15) is 0 Å². The van der Waals surface area contributed by atoms with E-state index < -0.39 is 11.7 Å². The molecule has 0 aliphatic rings. The lowest BCUT2D eigenvalue weighted by atomic mass is 9.72. The Hall–Kier alpha value is -0.120. The zero-order valence-corrected chi connectivity index (χ0v) is 10.1. The van der Waals surface area contributed by atoms with Crippen molar-refractivity contribution >= 4 is 0 Å². The van der Waals surface area contributed by atoms with Gasteiger partial charge in [-0.25, -0.2) is 0 Å². The SMILES string of the molecule is CC[C@@](O)(C[C@H](O)CNC)C(C)(C)C. The Bertz CT molecular complexity index is 165. The lowest BCUT2D eigenvalue weighted by molar-refractivity contribution is -0.0906. The quantitative estimate of drug-likeness (QED) is 0.628. The van der Waals surface area contributed by atoms with Gasteiger partial charge in [-0.3, -0.25) is 0 Å². The molecule has 14 heavy (non-hydrogen) atoms. The molecule has 0 radical (unpaired) electrons. The molecule has 86 valence electrons. The first-order chi connectivity index (χ1) is 6.27. The fraction of sp³-hybridized carbons (Fsp3) is 1.00. The van der Waals surface area contributed by atoms with Crippen LogP contribution in [0.4, 0.5) is 0 Å². The number of aliphatic hydroxyl groups excluding tert-OH is 1. The van der Waals surface area contributed by atoms with Crippen molar-refractivity contribution in [3.8, 4) is 0 Å². The number of rotatable bonds is 5. The molecule has 0 bridgehead atoms. The molecule has 3 N–H and O–H groups in total. The van der Waals surface area contributed by atoms with E-state index in [2.05, 4.69) is 5.32 Å². The lowest BCUT2D eigenvalue weighted by Crippen LogP contribution is -2.46. The Kier molecular flexibility index (Phi) is 5.06. The topological polar surface area (TPSA) is 52.5 Å². The largest absolute Gasteiger partial charge is 0.392 e. The van der Waals surface area contributed by atoms with Crippen molar-refractivity contribution in [2.45, 2.75) is 52.2 Å². The van der Waals surface area contributed by atoms with Crippen molar-refractivity contribution < 1.29 is 10.2 Å². The predicted molar refractivity (Wildman–Crippen MR) is 59.2 cm³/mol. The summed E-state index contributed by atoms with van der Waals surface area (Å²) in [5, 5.41) is 22.9. The van der Waals surface area contributed by atoms with E-state index in [1.165, 1.54) is 0 Å². The summed E-state index contributed by atoms with van der Waals surface area (Å²) < 4.78 is 0. The van der Waals surface area contributed by atoms with Crippen LogP contribution in [0.15, 0.2) is 0 Å². The molecule has 0 saturated carbocycles. The maximum atomic E-state index is 10.4. The molecule has 0 fully saturated rings. The van der Waals surface area contributed by atoms with Crippen LogP contribution in [0, 0.1) is 5.41 Å². The van der Waals surface area contributed by atoms with Crippen LogP contribution in [-0.4, -0.2) is 35.5 Å². The average Bonchev–Trinajstić information content (AvgIpc) is 2.02. The van der Waals surface area contributed by atoms with Crippen LogP contribution in [0.1, 0.15) is 40.5 Å². The van der Waals surface area contributed by atoms with Gasteiger partial charge in [-0.15, -0.1) is 0 Å². The summed E-state index contributed by atoms with van der Waals surface area (Å²) in [5.41, 5.74) is -0.986. The number of aliphatic hydroxyl groups is 2. The molecule has 0 saturated heterocycles. The van der Waals surface area contributed by atoms with Gasteiger partial charge in [0.05, 0.1) is 11.7 Å². The summed E-state index contributed by atoms with van der Waals surface area (Å²) in [6, 6.07) is 0. The highest BCUT2D eigenvalue weighted by molar-refractivity contribution is 4.91. The van der Waals surface area contributed by atoms with Crippen LogP contribution in [0.3, 0.4) is 0 Å². The number of hydrogen-bond donors (Lipinski definition) is 3. The second-order valence-corrected chi connectivity index (χ2v) is 5.05. The van der Waals surface area contributed by atoms with Gasteiger partial charge in [0.25, 0.3) is 0 Å². The lowest BCUT2D eigenvalue weighted by Gasteiger charge is -2.41. The summed E-state index contributed by atoms with van der Waals surface area (Å²) in [4.78, 5) is 0. The molecule has 0 heterocycles. The van der Waals surface area contributed by atoms with E-state index >= 15 is 0 Å². The summed E-state index contributed by atoms with van der Waals surface area (Å²) in [6.45, 7) is 8.49. The fourth-order valence-corrected chi connectivity index (χ4v) is 1.68. The standard InChI is InChI=1S/C11H25NO2/c1-6-11(14,10(2,3)4)7-9(13)8-12-5/h9,12-14H,6-8H2,1-5H3/t9-,11+/m0/s1. The highest BCUT2D eigenvalue weighted by atomic mass is 16.3. The highest BCUT2D eigenvalue weighted by Crippen LogP contribution is 2.36. The fourth-order valence-electron chi connectivity index (χ4n) is 1.68. The average molecular weight is 203 g/mol. The summed E-state index contributed by atoms with van der Waals surface area (Å²) in [6.07, 6.45) is 0.606. The van der Waals surface area contributed by atoms with Gasteiger partial charge in [0, 0.05) is 13.0 Å². The van der Waals surface area contributed by atoms with E-state index in [9.17, 15) is 10.2 Å². The van der Waals surface area contributed by atoms with Crippen LogP contribution in [0.25, 0.3) is 0 Å². The van der Waals surface area contributed by atoms with Crippen molar-refractivity contribution in [3.05, 3.63) is 0 Å². The Labute approximate surface area is 87.5 Å². The number of nitrogens with one attached hydrogen (secondary N) is 1. The predicted octanol–water partition coefficient (Wildman–Crippen LogP) is 1.14. The van der Waals surface area contributed by atoms with Gasteiger partial charge in [0.15, 0.2) is 0 Å². The number of likely N-dealkylation sites (N-methyl/N-ethyl adjacent to an activating group) is 1. The molecule has 0 aliphatic heterocycles. The molecular weight excluding hydrogens is 178 g/mol. The Morgan fingerprint density at radius 2 is 1.79 bits per heavy atom. The Morgan fingerprint density at radius 3 is 2.07 bits per heavy atom. The molecule has 3 nitrogen and oxygen atoms in total. The molecule has 0 aromatic heterocycles. The summed E-state index contributed by atoms with van der Waals surface area (Å²) >= 11 is 0. The zero-order valence-electron chi connectivity index (χ0n) is 10.1. The highest BCUT2D eigenvalue weighted by Gasteiger charge is 2.39. The Balaban J connectivity index is 4.40. The molecular formula is C11H25NO2. The third-order valence-corrected chi connectivity index (χ3v) is 2.99. The monoisotopic (exact) mass is 203 g/mol. The van der Waals surface area contributed by atoms with Gasteiger partial charge in [0.2, 0.25) is 0 Å². The molecule has 2 atom stereocenters. The summed E-state index contributed by atoms with van der Waals surface area (Å²) in [5.74, 6) is 0. The van der Waals surface area contributed by atoms with Gasteiger partial charge >= 0.3 is 0 Å². The van der Waals surface area contributed by atoms with Crippen molar-refractivity contribution in [3.63, 3.8) is 0 Å². The minimum Gasteiger partial charge on any atom is -0.392 e. The Morgan fingerprint density at radius 1 is 1.29 bits per heavy atom. The molecule has 0 amide bonds. The van der Waals surface area contributed by atoms with Crippen LogP contribution in [0.5, 0.6) is 0 Å².